The van der Waals surface area contributed by atoms with E-state index in [0.717, 1.165) is 16.8 Å². The molecule has 2 heterocycles. The van der Waals surface area contributed by atoms with E-state index in [1.54, 1.807) is 57.8 Å². The van der Waals surface area contributed by atoms with Gasteiger partial charge >= 0.3 is 0 Å². The van der Waals surface area contributed by atoms with E-state index in [4.69, 9.17) is 21.1 Å². The van der Waals surface area contributed by atoms with Gasteiger partial charge in [-0.3, -0.25) is 14.3 Å². The minimum Gasteiger partial charge on any atom is -0.493 e. The minimum absolute atomic E-state index is 0.0881. The van der Waals surface area contributed by atoms with Crippen molar-refractivity contribution in [3.05, 3.63) is 77.6 Å². The van der Waals surface area contributed by atoms with Crippen LogP contribution in [-0.4, -0.2) is 51.3 Å². The van der Waals surface area contributed by atoms with E-state index in [1.807, 2.05) is 34.9 Å². The monoisotopic (exact) mass is 522 g/mol. The Kier molecular flexibility index (Phi) is 8.19. The van der Waals surface area contributed by atoms with Crippen molar-refractivity contribution < 1.29 is 14.3 Å². The molecule has 2 aromatic carbocycles. The molecule has 0 aliphatic rings. The number of hydrazone groups is 1. The highest BCUT2D eigenvalue weighted by Crippen LogP contribution is 2.29. The number of pyridine rings is 1. The lowest BCUT2D eigenvalue weighted by molar-refractivity contribution is -0.118. The third-order valence-corrected chi connectivity index (χ3v) is 6.32. The van der Waals surface area contributed by atoms with Gasteiger partial charge < -0.3 is 9.47 Å². The minimum atomic E-state index is -0.282. The Hall–Kier alpha value is -3.89. The number of rotatable bonds is 9. The summed E-state index contributed by atoms with van der Waals surface area (Å²) in [5.74, 6) is 1.63. The van der Waals surface area contributed by atoms with E-state index >= 15 is 0 Å². The lowest BCUT2D eigenvalue weighted by Crippen LogP contribution is -2.21. The molecule has 0 saturated carbocycles. The number of thioether (sulfide) groups is 1. The topological polar surface area (TPSA) is 104 Å². The molecule has 11 heteroatoms. The third-order valence-electron chi connectivity index (χ3n) is 5.14. The lowest BCUT2D eigenvalue weighted by atomic mass is 10.1. The van der Waals surface area contributed by atoms with Crippen LogP contribution < -0.4 is 14.9 Å². The third kappa shape index (κ3) is 5.84. The van der Waals surface area contributed by atoms with Gasteiger partial charge in [0.25, 0.3) is 5.91 Å². The van der Waals surface area contributed by atoms with Crippen LogP contribution in [-0.2, 0) is 4.79 Å². The van der Waals surface area contributed by atoms with Crippen LogP contribution in [0.3, 0.4) is 0 Å². The molecule has 0 aliphatic heterocycles. The number of carbonyl (C=O) groups excluding carboxylic acids is 1. The zero-order valence-corrected chi connectivity index (χ0v) is 21.4. The summed E-state index contributed by atoms with van der Waals surface area (Å²) in [6, 6.07) is 16.5. The molecule has 0 bridgehead atoms. The molecule has 2 aromatic heterocycles. The highest BCUT2D eigenvalue weighted by molar-refractivity contribution is 7.99. The maximum Gasteiger partial charge on any atom is 0.250 e. The second kappa shape index (κ2) is 11.7. The zero-order chi connectivity index (χ0) is 25.5. The predicted octanol–water partition coefficient (Wildman–Crippen LogP) is 4.63. The first-order chi connectivity index (χ1) is 17.5. The van der Waals surface area contributed by atoms with Gasteiger partial charge in [0.1, 0.15) is 0 Å². The zero-order valence-electron chi connectivity index (χ0n) is 19.8. The number of carbonyl (C=O) groups is 1. The normalized spacial score (nSPS) is 11.3. The van der Waals surface area contributed by atoms with Gasteiger partial charge in [-0.1, -0.05) is 23.4 Å². The number of aromatic nitrogens is 4. The fourth-order valence-electron chi connectivity index (χ4n) is 3.31. The molecule has 4 aromatic rings. The average molecular weight is 523 g/mol. The quantitative estimate of drug-likeness (QED) is 0.194. The Labute approximate surface area is 217 Å². The van der Waals surface area contributed by atoms with Crippen LogP contribution in [0.5, 0.6) is 11.5 Å². The molecule has 0 atom stereocenters. The first kappa shape index (κ1) is 25.2. The Morgan fingerprint density at radius 1 is 1.03 bits per heavy atom. The van der Waals surface area contributed by atoms with E-state index in [1.165, 1.54) is 11.8 Å². The van der Waals surface area contributed by atoms with Crippen molar-refractivity contribution >= 4 is 35.0 Å². The van der Waals surface area contributed by atoms with Crippen LogP contribution in [0.2, 0.25) is 5.02 Å². The molecule has 1 N–H and O–H groups in total. The largest absolute Gasteiger partial charge is 0.493 e. The molecule has 0 fully saturated rings. The Morgan fingerprint density at radius 3 is 2.44 bits per heavy atom. The number of ether oxygens (including phenoxy) is 2. The maximum absolute atomic E-state index is 12.6. The van der Waals surface area contributed by atoms with Gasteiger partial charge in [-0.15, -0.1) is 10.2 Å². The number of hydrogen-bond acceptors (Lipinski definition) is 8. The molecular weight excluding hydrogens is 500 g/mol. The van der Waals surface area contributed by atoms with Crippen LogP contribution in [0.25, 0.3) is 17.1 Å². The van der Waals surface area contributed by atoms with Crippen LogP contribution in [0.1, 0.15) is 12.5 Å². The number of nitrogens with zero attached hydrogens (tertiary/aromatic N) is 5. The lowest BCUT2D eigenvalue weighted by Gasteiger charge is -2.10. The number of benzene rings is 2. The summed E-state index contributed by atoms with van der Waals surface area (Å²) in [4.78, 5) is 16.6. The number of halogens is 1. The van der Waals surface area contributed by atoms with Crippen LogP contribution in [0.4, 0.5) is 0 Å². The molecule has 184 valence electrons. The second-order valence-corrected chi connectivity index (χ2v) is 8.82. The molecule has 0 unspecified atom stereocenters. The number of amides is 1. The van der Waals surface area contributed by atoms with E-state index in [0.29, 0.717) is 33.2 Å². The molecule has 9 nitrogen and oxygen atoms in total. The Bertz CT molecular complexity index is 1380. The summed E-state index contributed by atoms with van der Waals surface area (Å²) in [7, 11) is 3.14. The number of hydrogen-bond donors (Lipinski definition) is 1. The highest BCUT2D eigenvalue weighted by Gasteiger charge is 2.17. The Morgan fingerprint density at radius 2 is 1.75 bits per heavy atom. The predicted molar refractivity (Wildman–Crippen MR) is 140 cm³/mol. The summed E-state index contributed by atoms with van der Waals surface area (Å²) in [5, 5.41) is 14.1. The summed E-state index contributed by atoms with van der Waals surface area (Å²) in [5.41, 5.74) is 5.68. The molecule has 0 radical (unpaired) electrons. The van der Waals surface area contributed by atoms with Gasteiger partial charge in [-0.2, -0.15) is 5.10 Å². The van der Waals surface area contributed by atoms with Crippen molar-refractivity contribution in [3.8, 4) is 28.6 Å². The standard InChI is InChI=1S/C25H23ClN6O3S/c1-16(18-4-9-21(34-2)22(14-18)35-3)28-29-23(33)15-36-25-31-30-24(17-10-12-27-13-11-17)32(25)20-7-5-19(26)6-8-20/h4-14H,15H2,1-3H3,(H,29,33). The summed E-state index contributed by atoms with van der Waals surface area (Å²) in [6.45, 7) is 1.80. The second-order valence-electron chi connectivity index (χ2n) is 7.44. The molecular formula is C25H23ClN6O3S. The number of methoxy groups -OCH3 is 2. The van der Waals surface area contributed by atoms with Crippen molar-refractivity contribution in [3.63, 3.8) is 0 Å². The van der Waals surface area contributed by atoms with Crippen molar-refractivity contribution in [2.75, 3.05) is 20.0 Å². The first-order valence-corrected chi connectivity index (χ1v) is 12.2. The smallest absolute Gasteiger partial charge is 0.250 e. The number of nitrogens with one attached hydrogen (secondary N) is 1. The van der Waals surface area contributed by atoms with Crippen LogP contribution in [0.15, 0.2) is 77.2 Å². The van der Waals surface area contributed by atoms with Crippen molar-refractivity contribution in [1.29, 1.82) is 0 Å². The fraction of sp³-hybridized carbons (Fsp3) is 0.160. The van der Waals surface area contributed by atoms with E-state index in [9.17, 15) is 4.79 Å². The van der Waals surface area contributed by atoms with Crippen molar-refractivity contribution in [2.45, 2.75) is 12.1 Å². The molecule has 0 aliphatic carbocycles. The summed E-state index contributed by atoms with van der Waals surface area (Å²) in [6.07, 6.45) is 3.38. The highest BCUT2D eigenvalue weighted by atomic mass is 35.5. The van der Waals surface area contributed by atoms with E-state index < -0.39 is 0 Å². The van der Waals surface area contributed by atoms with Crippen molar-refractivity contribution in [1.82, 2.24) is 25.2 Å². The van der Waals surface area contributed by atoms with Crippen LogP contribution in [0, 0.1) is 0 Å². The van der Waals surface area contributed by atoms with Gasteiger partial charge in [-0.05, 0) is 61.5 Å². The molecule has 0 saturated heterocycles. The first-order valence-electron chi connectivity index (χ1n) is 10.8. The average Bonchev–Trinajstić information content (AvgIpc) is 3.35. The van der Waals surface area contributed by atoms with Gasteiger partial charge in [0.15, 0.2) is 22.5 Å². The van der Waals surface area contributed by atoms with E-state index in [2.05, 4.69) is 25.7 Å². The fourth-order valence-corrected chi connectivity index (χ4v) is 4.18. The SMILES string of the molecule is COc1ccc(C(C)=NNC(=O)CSc2nnc(-c3ccncc3)n2-c2ccc(Cl)cc2)cc1OC. The van der Waals surface area contributed by atoms with Gasteiger partial charge in [0.2, 0.25) is 0 Å². The molecule has 36 heavy (non-hydrogen) atoms. The Balaban J connectivity index is 1.49. The summed E-state index contributed by atoms with van der Waals surface area (Å²) < 4.78 is 12.5. The van der Waals surface area contributed by atoms with E-state index in [-0.39, 0.29) is 11.7 Å². The van der Waals surface area contributed by atoms with Gasteiger partial charge in [0.05, 0.1) is 25.7 Å². The summed E-state index contributed by atoms with van der Waals surface area (Å²) >= 11 is 7.33. The van der Waals surface area contributed by atoms with Crippen LogP contribution >= 0.6 is 23.4 Å². The molecule has 1 amide bonds. The van der Waals surface area contributed by atoms with Gasteiger partial charge in [-0.25, -0.2) is 5.43 Å². The van der Waals surface area contributed by atoms with Crippen molar-refractivity contribution in [2.24, 2.45) is 5.10 Å². The molecule has 4 rings (SSSR count). The van der Waals surface area contributed by atoms with Gasteiger partial charge in [0, 0.05) is 34.2 Å². The molecule has 0 spiro atoms. The maximum atomic E-state index is 12.6.